The highest BCUT2D eigenvalue weighted by molar-refractivity contribution is 5.77. The Labute approximate surface area is 102 Å². The van der Waals surface area contributed by atoms with Crippen LogP contribution in [0.25, 0.3) is 0 Å². The maximum atomic E-state index is 11.7. The van der Waals surface area contributed by atoms with Gasteiger partial charge in [-0.15, -0.1) is 0 Å². The van der Waals surface area contributed by atoms with Gasteiger partial charge in [-0.3, -0.25) is 14.5 Å². The predicted molar refractivity (Wildman–Crippen MR) is 62.6 cm³/mol. The van der Waals surface area contributed by atoms with Gasteiger partial charge in [0.05, 0.1) is 12.0 Å². The summed E-state index contributed by atoms with van der Waals surface area (Å²) in [6.07, 6.45) is 1.67. The highest BCUT2D eigenvalue weighted by Gasteiger charge is 2.38. The van der Waals surface area contributed by atoms with Crippen molar-refractivity contribution in [1.82, 2.24) is 4.90 Å². The van der Waals surface area contributed by atoms with Crippen LogP contribution in [-0.2, 0) is 14.3 Å². The Bertz CT molecular complexity index is 301. The smallest absolute Gasteiger partial charge is 0.323 e. The first-order valence-corrected chi connectivity index (χ1v) is 6.02. The molecule has 5 heteroatoms. The second kappa shape index (κ2) is 5.49. The Morgan fingerprint density at radius 2 is 2.12 bits per heavy atom. The highest BCUT2D eigenvalue weighted by Crippen LogP contribution is 2.25. The quantitative estimate of drug-likeness (QED) is 0.733. The number of hydrogen-bond acceptors (Lipinski definition) is 4. The van der Waals surface area contributed by atoms with E-state index in [0.717, 1.165) is 19.4 Å². The summed E-state index contributed by atoms with van der Waals surface area (Å²) in [6.45, 7) is 6.64. The van der Waals surface area contributed by atoms with Gasteiger partial charge in [0.1, 0.15) is 6.04 Å². The average molecular weight is 243 g/mol. The lowest BCUT2D eigenvalue weighted by Gasteiger charge is -2.29. The van der Waals surface area contributed by atoms with E-state index < -0.39 is 11.4 Å². The minimum Gasteiger partial charge on any atom is -0.481 e. The Kier molecular flexibility index (Phi) is 4.51. The van der Waals surface area contributed by atoms with E-state index in [-0.39, 0.29) is 12.0 Å². The Balaban J connectivity index is 2.64. The molecule has 1 unspecified atom stereocenters. The molecule has 0 aromatic heterocycles. The third-order valence-electron chi connectivity index (χ3n) is 3.10. The zero-order chi connectivity index (χ0) is 13.1. The van der Waals surface area contributed by atoms with E-state index in [1.54, 1.807) is 20.8 Å². The summed E-state index contributed by atoms with van der Waals surface area (Å²) >= 11 is 0. The van der Waals surface area contributed by atoms with E-state index in [9.17, 15) is 9.59 Å². The van der Waals surface area contributed by atoms with E-state index in [2.05, 4.69) is 0 Å². The van der Waals surface area contributed by atoms with Crippen molar-refractivity contribution >= 4 is 11.9 Å². The standard InChI is InChI=1S/C12H21NO4/c1-4-17-10(14)9-6-5-7-13(9)8-12(2,3)11(15)16/h9H,4-8H2,1-3H3,(H,15,16). The van der Waals surface area contributed by atoms with E-state index in [0.29, 0.717) is 13.2 Å². The van der Waals surface area contributed by atoms with Crippen molar-refractivity contribution in [2.75, 3.05) is 19.7 Å². The average Bonchev–Trinajstić information content (AvgIpc) is 2.65. The summed E-state index contributed by atoms with van der Waals surface area (Å²) in [6, 6.07) is -0.270. The molecule has 1 N–H and O–H groups in total. The molecule has 0 saturated carbocycles. The molecule has 5 nitrogen and oxygen atoms in total. The van der Waals surface area contributed by atoms with Gasteiger partial charge >= 0.3 is 11.9 Å². The molecular formula is C12H21NO4. The van der Waals surface area contributed by atoms with Crippen LogP contribution < -0.4 is 0 Å². The van der Waals surface area contributed by atoms with Crippen LogP contribution in [0, 0.1) is 5.41 Å². The maximum absolute atomic E-state index is 11.7. The molecule has 17 heavy (non-hydrogen) atoms. The Morgan fingerprint density at radius 1 is 1.47 bits per heavy atom. The summed E-state index contributed by atoms with van der Waals surface area (Å²) in [4.78, 5) is 24.7. The summed E-state index contributed by atoms with van der Waals surface area (Å²) in [5.74, 6) is -1.07. The SMILES string of the molecule is CCOC(=O)C1CCCN1CC(C)(C)C(=O)O. The van der Waals surface area contributed by atoms with Crippen LogP contribution in [0.1, 0.15) is 33.6 Å². The number of nitrogens with zero attached hydrogens (tertiary/aromatic N) is 1. The van der Waals surface area contributed by atoms with Gasteiger partial charge in [0.15, 0.2) is 0 Å². The molecule has 0 radical (unpaired) electrons. The van der Waals surface area contributed by atoms with Crippen LogP contribution in [0.4, 0.5) is 0 Å². The minimum absolute atomic E-state index is 0.230. The number of aliphatic carboxylic acids is 1. The van der Waals surface area contributed by atoms with Crippen molar-refractivity contribution in [3.05, 3.63) is 0 Å². The van der Waals surface area contributed by atoms with Crippen LogP contribution in [0.5, 0.6) is 0 Å². The predicted octanol–water partition coefficient (Wildman–Crippen LogP) is 1.12. The van der Waals surface area contributed by atoms with Crippen molar-refractivity contribution < 1.29 is 19.4 Å². The van der Waals surface area contributed by atoms with E-state index in [1.165, 1.54) is 0 Å². The molecule has 1 rings (SSSR count). The molecule has 98 valence electrons. The van der Waals surface area contributed by atoms with Crippen molar-refractivity contribution in [1.29, 1.82) is 0 Å². The van der Waals surface area contributed by atoms with E-state index in [1.807, 2.05) is 4.90 Å². The van der Waals surface area contributed by atoms with Crippen LogP contribution >= 0.6 is 0 Å². The molecule has 1 atom stereocenters. The first kappa shape index (κ1) is 14.0. The number of likely N-dealkylation sites (tertiary alicyclic amines) is 1. The molecule has 1 saturated heterocycles. The van der Waals surface area contributed by atoms with Crippen LogP contribution in [-0.4, -0.2) is 47.7 Å². The summed E-state index contributed by atoms with van der Waals surface area (Å²) < 4.78 is 5.00. The van der Waals surface area contributed by atoms with Gasteiger partial charge < -0.3 is 9.84 Å². The largest absolute Gasteiger partial charge is 0.481 e. The van der Waals surface area contributed by atoms with Crippen molar-refractivity contribution in [3.63, 3.8) is 0 Å². The van der Waals surface area contributed by atoms with Gasteiger partial charge in [-0.1, -0.05) is 0 Å². The van der Waals surface area contributed by atoms with Gasteiger partial charge in [-0.05, 0) is 40.2 Å². The van der Waals surface area contributed by atoms with Crippen LogP contribution in [0.3, 0.4) is 0 Å². The summed E-state index contributed by atoms with van der Waals surface area (Å²) in [5, 5.41) is 9.09. The minimum atomic E-state index is -0.841. The fraction of sp³-hybridized carbons (Fsp3) is 0.833. The number of ether oxygens (including phenoxy) is 1. The van der Waals surface area contributed by atoms with Gasteiger partial charge in [0.25, 0.3) is 0 Å². The van der Waals surface area contributed by atoms with Gasteiger partial charge in [0.2, 0.25) is 0 Å². The van der Waals surface area contributed by atoms with Crippen LogP contribution in [0.2, 0.25) is 0 Å². The number of carboxylic acid groups (broad SMARTS) is 1. The van der Waals surface area contributed by atoms with Crippen molar-refractivity contribution in [2.24, 2.45) is 5.41 Å². The number of carbonyl (C=O) groups is 2. The number of rotatable bonds is 5. The van der Waals surface area contributed by atoms with Gasteiger partial charge in [0, 0.05) is 6.54 Å². The molecular weight excluding hydrogens is 222 g/mol. The second-order valence-electron chi connectivity index (χ2n) is 5.07. The number of esters is 1. The molecule has 0 bridgehead atoms. The maximum Gasteiger partial charge on any atom is 0.323 e. The fourth-order valence-electron chi connectivity index (χ4n) is 2.10. The third kappa shape index (κ3) is 3.43. The van der Waals surface area contributed by atoms with E-state index >= 15 is 0 Å². The first-order valence-electron chi connectivity index (χ1n) is 6.02. The Morgan fingerprint density at radius 3 is 2.65 bits per heavy atom. The summed E-state index contributed by atoms with van der Waals surface area (Å²) in [7, 11) is 0. The van der Waals surface area contributed by atoms with Gasteiger partial charge in [-0.2, -0.15) is 0 Å². The molecule has 0 aromatic carbocycles. The van der Waals surface area contributed by atoms with Gasteiger partial charge in [-0.25, -0.2) is 0 Å². The number of carbonyl (C=O) groups excluding carboxylic acids is 1. The molecule has 0 aromatic rings. The molecule has 1 fully saturated rings. The first-order chi connectivity index (χ1) is 7.88. The lowest BCUT2D eigenvalue weighted by molar-refractivity contribution is -0.153. The molecule has 1 heterocycles. The third-order valence-corrected chi connectivity index (χ3v) is 3.10. The zero-order valence-corrected chi connectivity index (χ0v) is 10.7. The topological polar surface area (TPSA) is 66.8 Å². The zero-order valence-electron chi connectivity index (χ0n) is 10.7. The van der Waals surface area contributed by atoms with Crippen molar-refractivity contribution in [2.45, 2.75) is 39.7 Å². The molecule has 1 aliphatic rings. The lowest BCUT2D eigenvalue weighted by Crippen LogP contribution is -2.45. The molecule has 0 amide bonds. The highest BCUT2D eigenvalue weighted by atomic mass is 16.5. The van der Waals surface area contributed by atoms with Crippen molar-refractivity contribution in [3.8, 4) is 0 Å². The molecule has 0 aliphatic carbocycles. The van der Waals surface area contributed by atoms with Crippen LogP contribution in [0.15, 0.2) is 0 Å². The lowest BCUT2D eigenvalue weighted by atomic mass is 9.93. The molecule has 0 spiro atoms. The number of hydrogen-bond donors (Lipinski definition) is 1. The van der Waals surface area contributed by atoms with E-state index in [4.69, 9.17) is 9.84 Å². The number of carboxylic acids is 1. The monoisotopic (exact) mass is 243 g/mol. The Hall–Kier alpha value is -1.10. The fourth-order valence-corrected chi connectivity index (χ4v) is 2.10. The normalized spacial score (nSPS) is 21.5. The second-order valence-corrected chi connectivity index (χ2v) is 5.07. The summed E-state index contributed by atoms with van der Waals surface area (Å²) in [5.41, 5.74) is -0.838. The molecule has 1 aliphatic heterocycles.